The van der Waals surface area contributed by atoms with Gasteiger partial charge < -0.3 is 15.1 Å². The SMILES string of the molecule is O=C(Cn1cc(C#Cc2ccc3c4cccc5cccc(c6cccc2c63)c54)c(=O)[nH]c1=O)N(CCO)CCO. The van der Waals surface area contributed by atoms with E-state index in [0.29, 0.717) is 0 Å². The van der Waals surface area contributed by atoms with Crippen LogP contribution in [0.15, 0.2) is 82.5 Å². The quantitative estimate of drug-likeness (QED) is 0.174. The fraction of sp³-hybridized carbons (Fsp3) is 0.156. The Morgan fingerprint density at radius 1 is 0.750 bits per heavy atom. The van der Waals surface area contributed by atoms with Gasteiger partial charge in [0.05, 0.1) is 13.2 Å². The van der Waals surface area contributed by atoms with E-state index in [1.54, 1.807) is 0 Å². The Labute approximate surface area is 228 Å². The molecule has 6 rings (SSSR count). The number of nitrogens with zero attached hydrogens (tertiary/aromatic N) is 2. The summed E-state index contributed by atoms with van der Waals surface area (Å²) in [5, 5.41) is 27.4. The van der Waals surface area contributed by atoms with Gasteiger partial charge in [0.15, 0.2) is 0 Å². The number of hydrogen-bond acceptors (Lipinski definition) is 5. The molecular weight excluding hydrogens is 506 g/mol. The number of aromatic amines is 1. The Morgan fingerprint density at radius 3 is 2.00 bits per heavy atom. The number of benzene rings is 5. The zero-order valence-electron chi connectivity index (χ0n) is 21.5. The fourth-order valence-electron chi connectivity index (χ4n) is 5.45. The van der Waals surface area contributed by atoms with Crippen molar-refractivity contribution in [1.29, 1.82) is 0 Å². The minimum absolute atomic E-state index is 0.0220. The molecule has 1 heterocycles. The van der Waals surface area contributed by atoms with Gasteiger partial charge in [-0.15, -0.1) is 0 Å². The van der Waals surface area contributed by atoms with Crippen LogP contribution in [0.3, 0.4) is 0 Å². The third kappa shape index (κ3) is 4.28. The van der Waals surface area contributed by atoms with Crippen molar-refractivity contribution in [2.75, 3.05) is 26.3 Å². The highest BCUT2D eigenvalue weighted by atomic mass is 16.3. The van der Waals surface area contributed by atoms with Crippen LogP contribution in [-0.4, -0.2) is 56.9 Å². The molecule has 0 unspecified atom stereocenters. The van der Waals surface area contributed by atoms with Crippen molar-refractivity contribution in [1.82, 2.24) is 14.5 Å². The maximum absolute atomic E-state index is 12.6. The summed E-state index contributed by atoms with van der Waals surface area (Å²) in [5.41, 5.74) is -0.616. The topological polar surface area (TPSA) is 116 Å². The first kappa shape index (κ1) is 25.3. The zero-order valence-corrected chi connectivity index (χ0v) is 21.5. The Morgan fingerprint density at radius 2 is 1.32 bits per heavy atom. The van der Waals surface area contributed by atoms with Crippen LogP contribution in [-0.2, 0) is 11.3 Å². The molecule has 8 nitrogen and oxygen atoms in total. The van der Waals surface area contributed by atoms with Crippen molar-refractivity contribution < 1.29 is 15.0 Å². The second-order valence-corrected chi connectivity index (χ2v) is 9.61. The summed E-state index contributed by atoms with van der Waals surface area (Å²) in [7, 11) is 0. The summed E-state index contributed by atoms with van der Waals surface area (Å²) in [6, 6.07) is 22.8. The van der Waals surface area contributed by atoms with E-state index in [0.717, 1.165) is 31.7 Å². The zero-order chi connectivity index (χ0) is 27.8. The lowest BCUT2D eigenvalue weighted by Gasteiger charge is -2.20. The monoisotopic (exact) mass is 531 g/mol. The van der Waals surface area contributed by atoms with Gasteiger partial charge in [-0.05, 0) is 49.2 Å². The minimum Gasteiger partial charge on any atom is -0.395 e. The molecule has 1 amide bonds. The van der Waals surface area contributed by atoms with Gasteiger partial charge in [0.1, 0.15) is 12.1 Å². The molecule has 0 aliphatic heterocycles. The van der Waals surface area contributed by atoms with Gasteiger partial charge in [-0.25, -0.2) is 4.79 Å². The molecule has 3 N–H and O–H groups in total. The summed E-state index contributed by atoms with van der Waals surface area (Å²) in [6.45, 7) is -0.880. The molecule has 0 saturated carbocycles. The first-order valence-electron chi connectivity index (χ1n) is 12.9. The van der Waals surface area contributed by atoms with Crippen LogP contribution in [0.2, 0.25) is 0 Å². The summed E-state index contributed by atoms with van der Waals surface area (Å²) < 4.78 is 1.07. The average Bonchev–Trinajstić information content (AvgIpc) is 2.96. The van der Waals surface area contributed by atoms with E-state index < -0.39 is 17.2 Å². The summed E-state index contributed by atoms with van der Waals surface area (Å²) in [6.07, 6.45) is 1.27. The highest BCUT2D eigenvalue weighted by Gasteiger charge is 2.16. The van der Waals surface area contributed by atoms with E-state index in [4.69, 9.17) is 0 Å². The van der Waals surface area contributed by atoms with Crippen LogP contribution in [0, 0.1) is 11.8 Å². The van der Waals surface area contributed by atoms with Gasteiger partial charge >= 0.3 is 5.69 Å². The molecule has 8 heteroatoms. The van der Waals surface area contributed by atoms with E-state index in [9.17, 15) is 24.6 Å². The van der Waals surface area contributed by atoms with Gasteiger partial charge in [0.2, 0.25) is 5.91 Å². The minimum atomic E-state index is -0.744. The molecule has 0 atom stereocenters. The molecule has 0 aliphatic carbocycles. The highest BCUT2D eigenvalue weighted by molar-refractivity contribution is 6.33. The van der Waals surface area contributed by atoms with Crippen LogP contribution >= 0.6 is 0 Å². The van der Waals surface area contributed by atoms with E-state index in [1.165, 1.54) is 32.6 Å². The van der Waals surface area contributed by atoms with Crippen molar-refractivity contribution in [3.05, 3.63) is 105 Å². The molecule has 5 aromatic carbocycles. The maximum Gasteiger partial charge on any atom is 0.328 e. The number of hydrogen-bond donors (Lipinski definition) is 3. The third-order valence-corrected chi connectivity index (χ3v) is 7.27. The molecule has 0 radical (unpaired) electrons. The number of rotatable bonds is 6. The van der Waals surface area contributed by atoms with E-state index in [-0.39, 0.29) is 38.4 Å². The lowest BCUT2D eigenvalue weighted by Crippen LogP contribution is -2.41. The highest BCUT2D eigenvalue weighted by Crippen LogP contribution is 2.40. The molecule has 40 heavy (non-hydrogen) atoms. The molecular formula is C32H25N3O5. The Bertz CT molecular complexity index is 2040. The van der Waals surface area contributed by atoms with Crippen molar-refractivity contribution >= 4 is 49.0 Å². The largest absolute Gasteiger partial charge is 0.395 e. The van der Waals surface area contributed by atoms with E-state index >= 15 is 0 Å². The van der Waals surface area contributed by atoms with Crippen LogP contribution in [0.25, 0.3) is 43.1 Å². The molecule has 0 spiro atoms. The summed E-state index contributed by atoms with van der Waals surface area (Å²) in [5.74, 6) is 5.53. The van der Waals surface area contributed by atoms with Crippen LogP contribution in [0.5, 0.6) is 0 Å². The van der Waals surface area contributed by atoms with Gasteiger partial charge in [-0.3, -0.25) is 19.1 Å². The first-order valence-corrected chi connectivity index (χ1v) is 12.9. The average molecular weight is 532 g/mol. The number of amides is 1. The number of aliphatic hydroxyl groups is 2. The number of nitrogens with one attached hydrogen (secondary N) is 1. The predicted molar refractivity (Wildman–Crippen MR) is 156 cm³/mol. The van der Waals surface area contributed by atoms with Crippen LogP contribution < -0.4 is 11.2 Å². The second-order valence-electron chi connectivity index (χ2n) is 9.61. The van der Waals surface area contributed by atoms with Gasteiger partial charge in [0, 0.05) is 24.8 Å². The van der Waals surface area contributed by atoms with E-state index in [2.05, 4.69) is 65.4 Å². The normalized spacial score (nSPS) is 11.3. The number of fused-ring (bicyclic) bond motifs is 2. The number of carbonyl (C=O) groups is 1. The van der Waals surface area contributed by atoms with Gasteiger partial charge in [-0.1, -0.05) is 72.5 Å². The molecule has 0 saturated heterocycles. The number of H-pyrrole nitrogens is 1. The lowest BCUT2D eigenvalue weighted by atomic mass is 9.88. The number of aromatic nitrogens is 2. The molecule has 0 bridgehead atoms. The molecule has 0 fully saturated rings. The molecule has 1 aromatic heterocycles. The molecule has 0 aliphatic rings. The predicted octanol–water partition coefficient (Wildman–Crippen LogP) is 2.80. The fourth-order valence-corrected chi connectivity index (χ4v) is 5.45. The van der Waals surface area contributed by atoms with Crippen molar-refractivity contribution in [3.63, 3.8) is 0 Å². The molecule has 198 valence electrons. The third-order valence-electron chi connectivity index (χ3n) is 7.27. The second kappa shape index (κ2) is 10.3. The Hall–Kier alpha value is -4.97. The van der Waals surface area contributed by atoms with Crippen molar-refractivity contribution in [2.24, 2.45) is 0 Å². The standard InChI is InChI=1S/C32H25N3O5/c36-16-14-34(15-17-37)28(38)19-35-18-22(31(39)33-32(35)40)11-10-20-12-13-27-25-8-2-5-21-4-1-7-24(29(21)25)26-9-3-6-23(20)30(26)27/h1-9,12-13,18,36-37H,14-17,19H2,(H,33,39,40). The lowest BCUT2D eigenvalue weighted by molar-refractivity contribution is -0.133. The maximum atomic E-state index is 12.6. The van der Waals surface area contributed by atoms with Crippen LogP contribution in [0.4, 0.5) is 0 Å². The smallest absolute Gasteiger partial charge is 0.328 e. The van der Waals surface area contributed by atoms with Crippen molar-refractivity contribution in [3.8, 4) is 11.8 Å². The first-order chi connectivity index (χ1) is 19.5. The van der Waals surface area contributed by atoms with E-state index in [1.807, 2.05) is 18.2 Å². The molecule has 6 aromatic rings. The summed E-state index contributed by atoms with van der Waals surface area (Å²) >= 11 is 0. The number of carbonyl (C=O) groups excluding carboxylic acids is 1. The number of aliphatic hydroxyl groups excluding tert-OH is 2. The Kier molecular flexibility index (Phi) is 6.52. The van der Waals surface area contributed by atoms with Gasteiger partial charge in [0.25, 0.3) is 5.56 Å². The van der Waals surface area contributed by atoms with Crippen LogP contribution in [0.1, 0.15) is 11.1 Å². The van der Waals surface area contributed by atoms with Gasteiger partial charge in [-0.2, -0.15) is 0 Å². The Balaban J connectivity index is 1.45. The summed E-state index contributed by atoms with van der Waals surface area (Å²) in [4.78, 5) is 41.1. The van der Waals surface area contributed by atoms with Crippen molar-refractivity contribution in [2.45, 2.75) is 6.54 Å².